The maximum absolute atomic E-state index is 6.01. The molecule has 46 heavy (non-hydrogen) atoms. The molecule has 0 aromatic heterocycles. The summed E-state index contributed by atoms with van der Waals surface area (Å²) in [6.07, 6.45) is 9.53. The van der Waals surface area contributed by atoms with Gasteiger partial charge in [-0.3, -0.25) is 0 Å². The molecule has 0 atom stereocenters. The van der Waals surface area contributed by atoms with Gasteiger partial charge < -0.3 is 4.74 Å². The van der Waals surface area contributed by atoms with Gasteiger partial charge >= 0.3 is 0 Å². The van der Waals surface area contributed by atoms with Crippen LogP contribution in [0.2, 0.25) is 0 Å². The molecule has 1 nitrogen and oxygen atoms in total. The minimum atomic E-state index is 0.0699. The highest BCUT2D eigenvalue weighted by Crippen LogP contribution is 2.55. The fourth-order valence-electron chi connectivity index (χ4n) is 8.03. The zero-order valence-electron chi connectivity index (χ0n) is 27.7. The van der Waals surface area contributed by atoms with Crippen molar-refractivity contribution in [3.63, 3.8) is 0 Å². The summed E-state index contributed by atoms with van der Waals surface area (Å²) in [5.41, 5.74) is 11.2. The van der Waals surface area contributed by atoms with E-state index in [1.165, 1.54) is 105 Å². The summed E-state index contributed by atoms with van der Waals surface area (Å²) >= 11 is 0. The summed E-state index contributed by atoms with van der Waals surface area (Å²) < 4.78 is 6.01. The van der Waals surface area contributed by atoms with Crippen molar-refractivity contribution in [1.29, 1.82) is 0 Å². The summed E-state index contributed by atoms with van der Waals surface area (Å²) in [5, 5.41) is 5.20. The molecule has 0 fully saturated rings. The van der Waals surface area contributed by atoms with E-state index in [1.54, 1.807) is 0 Å². The SMILES string of the molecule is CCCCOc1ccc(-c2c3ccccc3c(-c3ccc4c(c3)C(CCCC)(CCCC)c3ccccc3-4)c3ccccc23)cc1. The fraction of sp³-hybridized carbons (Fsp3) is 0.289. The van der Waals surface area contributed by atoms with E-state index in [0.717, 1.165) is 25.2 Å². The van der Waals surface area contributed by atoms with Crippen LogP contribution >= 0.6 is 0 Å². The first-order valence-electron chi connectivity index (χ1n) is 17.6. The Bertz CT molecular complexity index is 1910. The molecule has 0 bridgehead atoms. The number of hydrogen-bond donors (Lipinski definition) is 0. The maximum atomic E-state index is 6.01. The standard InChI is InChI=1S/C45H46O/c1-4-7-28-45(29-8-5-2)41-21-15-14-16-35(41)36-27-24-33(31-42(36)45)44-39-19-12-10-17-37(39)43(38-18-11-13-20-40(38)44)32-22-25-34(26-23-32)46-30-9-6-3/h10-27,31H,4-9,28-30H2,1-3H3. The van der Waals surface area contributed by atoms with Crippen LogP contribution in [-0.2, 0) is 5.41 Å². The predicted octanol–water partition coefficient (Wildman–Crippen LogP) is 13.2. The van der Waals surface area contributed by atoms with Crippen LogP contribution in [0.3, 0.4) is 0 Å². The average Bonchev–Trinajstić information content (AvgIpc) is 3.38. The third kappa shape index (κ3) is 5.20. The first-order valence-corrected chi connectivity index (χ1v) is 17.6. The van der Waals surface area contributed by atoms with Crippen molar-refractivity contribution in [2.75, 3.05) is 6.61 Å². The monoisotopic (exact) mass is 602 g/mol. The topological polar surface area (TPSA) is 9.23 Å². The van der Waals surface area contributed by atoms with Gasteiger partial charge in [-0.2, -0.15) is 0 Å². The molecule has 0 heterocycles. The zero-order chi connectivity index (χ0) is 31.5. The second-order valence-corrected chi connectivity index (χ2v) is 13.2. The van der Waals surface area contributed by atoms with Crippen molar-refractivity contribution in [3.05, 3.63) is 126 Å². The zero-order valence-corrected chi connectivity index (χ0v) is 27.7. The van der Waals surface area contributed by atoms with E-state index < -0.39 is 0 Å². The molecule has 7 rings (SSSR count). The lowest BCUT2D eigenvalue weighted by Crippen LogP contribution is -2.25. The smallest absolute Gasteiger partial charge is 0.119 e. The summed E-state index contributed by atoms with van der Waals surface area (Å²) in [6.45, 7) is 7.63. The van der Waals surface area contributed by atoms with Crippen LogP contribution in [-0.4, -0.2) is 6.61 Å². The molecular weight excluding hydrogens is 556 g/mol. The number of benzene rings is 6. The Morgan fingerprint density at radius 1 is 0.478 bits per heavy atom. The number of hydrogen-bond acceptors (Lipinski definition) is 1. The van der Waals surface area contributed by atoms with Crippen LogP contribution in [0, 0.1) is 0 Å². The van der Waals surface area contributed by atoms with Crippen molar-refractivity contribution < 1.29 is 4.74 Å². The van der Waals surface area contributed by atoms with Gasteiger partial charge in [0, 0.05) is 5.41 Å². The van der Waals surface area contributed by atoms with E-state index in [2.05, 4.69) is 136 Å². The average molecular weight is 603 g/mol. The Labute approximate surface area is 275 Å². The first-order chi connectivity index (χ1) is 22.7. The lowest BCUT2D eigenvalue weighted by atomic mass is 9.70. The summed E-state index contributed by atoms with van der Waals surface area (Å²) in [4.78, 5) is 0. The van der Waals surface area contributed by atoms with Gasteiger partial charge in [0.1, 0.15) is 5.75 Å². The van der Waals surface area contributed by atoms with E-state index in [1.807, 2.05) is 0 Å². The molecule has 0 saturated carbocycles. The molecule has 1 heteroatoms. The number of ether oxygens (including phenoxy) is 1. The summed E-state index contributed by atoms with van der Waals surface area (Å²) in [7, 11) is 0. The van der Waals surface area contributed by atoms with Crippen molar-refractivity contribution in [2.45, 2.75) is 77.6 Å². The van der Waals surface area contributed by atoms with Gasteiger partial charge in [-0.05, 0) is 104 Å². The third-order valence-corrected chi connectivity index (χ3v) is 10.3. The molecule has 6 aromatic rings. The van der Waals surface area contributed by atoms with E-state index in [4.69, 9.17) is 4.74 Å². The fourth-order valence-corrected chi connectivity index (χ4v) is 8.03. The Morgan fingerprint density at radius 2 is 0.978 bits per heavy atom. The number of rotatable bonds is 12. The molecule has 6 aromatic carbocycles. The van der Waals surface area contributed by atoms with Crippen LogP contribution in [0.4, 0.5) is 0 Å². The Hall–Kier alpha value is -4.36. The third-order valence-electron chi connectivity index (χ3n) is 10.3. The Kier molecular flexibility index (Phi) is 8.67. The predicted molar refractivity (Wildman–Crippen MR) is 198 cm³/mol. The van der Waals surface area contributed by atoms with E-state index in [0.29, 0.717) is 0 Å². The Balaban J connectivity index is 1.44. The van der Waals surface area contributed by atoms with Crippen LogP contribution in [0.5, 0.6) is 5.75 Å². The van der Waals surface area contributed by atoms with Crippen molar-refractivity contribution in [2.24, 2.45) is 0 Å². The van der Waals surface area contributed by atoms with Gasteiger partial charge in [-0.15, -0.1) is 0 Å². The van der Waals surface area contributed by atoms with Gasteiger partial charge in [-0.1, -0.05) is 150 Å². The molecule has 0 spiro atoms. The molecule has 1 aliphatic rings. The van der Waals surface area contributed by atoms with Gasteiger partial charge in [-0.25, -0.2) is 0 Å². The maximum Gasteiger partial charge on any atom is 0.119 e. The van der Waals surface area contributed by atoms with Crippen LogP contribution in [0.1, 0.15) is 83.3 Å². The highest BCUT2D eigenvalue weighted by Gasteiger charge is 2.42. The van der Waals surface area contributed by atoms with E-state index in [9.17, 15) is 0 Å². The van der Waals surface area contributed by atoms with Gasteiger partial charge in [0.2, 0.25) is 0 Å². The normalized spacial score (nSPS) is 13.2. The minimum Gasteiger partial charge on any atom is -0.494 e. The lowest BCUT2D eigenvalue weighted by molar-refractivity contribution is 0.309. The van der Waals surface area contributed by atoms with Crippen molar-refractivity contribution in [3.8, 4) is 39.1 Å². The second kappa shape index (κ2) is 13.2. The quantitative estimate of drug-likeness (QED) is 0.1000. The van der Waals surface area contributed by atoms with Crippen LogP contribution in [0.15, 0.2) is 115 Å². The minimum absolute atomic E-state index is 0.0699. The van der Waals surface area contributed by atoms with Gasteiger partial charge in [0.05, 0.1) is 6.61 Å². The van der Waals surface area contributed by atoms with E-state index in [-0.39, 0.29) is 5.41 Å². The number of fused-ring (bicyclic) bond motifs is 5. The Morgan fingerprint density at radius 3 is 1.57 bits per heavy atom. The molecule has 0 saturated heterocycles. The first kappa shape index (κ1) is 30.3. The summed E-state index contributed by atoms with van der Waals surface area (Å²) in [5.74, 6) is 0.941. The summed E-state index contributed by atoms with van der Waals surface area (Å²) in [6, 6.07) is 43.4. The highest BCUT2D eigenvalue weighted by atomic mass is 16.5. The molecule has 1 aliphatic carbocycles. The largest absolute Gasteiger partial charge is 0.494 e. The highest BCUT2D eigenvalue weighted by molar-refractivity contribution is 6.21. The van der Waals surface area contributed by atoms with Crippen LogP contribution < -0.4 is 4.74 Å². The van der Waals surface area contributed by atoms with Gasteiger partial charge in [0.15, 0.2) is 0 Å². The molecule has 0 radical (unpaired) electrons. The molecule has 232 valence electrons. The molecule has 0 N–H and O–H groups in total. The molecule has 0 amide bonds. The second-order valence-electron chi connectivity index (χ2n) is 13.2. The molecule has 0 aliphatic heterocycles. The molecular formula is C45H46O. The van der Waals surface area contributed by atoms with Crippen molar-refractivity contribution in [1.82, 2.24) is 0 Å². The molecule has 0 unspecified atom stereocenters. The number of unbranched alkanes of at least 4 members (excludes halogenated alkanes) is 3. The van der Waals surface area contributed by atoms with Gasteiger partial charge in [0.25, 0.3) is 0 Å². The lowest BCUT2D eigenvalue weighted by Gasteiger charge is -2.33. The van der Waals surface area contributed by atoms with E-state index >= 15 is 0 Å². The van der Waals surface area contributed by atoms with Crippen LogP contribution in [0.25, 0.3) is 54.9 Å². The van der Waals surface area contributed by atoms with Crippen molar-refractivity contribution >= 4 is 21.5 Å².